The van der Waals surface area contributed by atoms with Gasteiger partial charge in [-0.1, -0.05) is 12.1 Å². The van der Waals surface area contributed by atoms with Crippen molar-refractivity contribution in [2.75, 3.05) is 46.2 Å². The van der Waals surface area contributed by atoms with E-state index in [1.165, 1.54) is 0 Å². The number of carboxylic acids is 1. The molecule has 32 heavy (non-hydrogen) atoms. The minimum absolute atomic E-state index is 0.0149. The summed E-state index contributed by atoms with van der Waals surface area (Å²) in [6, 6.07) is 7.19. The van der Waals surface area contributed by atoms with Gasteiger partial charge in [-0.25, -0.2) is 0 Å². The van der Waals surface area contributed by atoms with E-state index in [0.29, 0.717) is 45.1 Å². The molecular formula is C22H34BNO8. The summed E-state index contributed by atoms with van der Waals surface area (Å²) in [7, 11) is -0.455. The number of rotatable bonds is 14. The van der Waals surface area contributed by atoms with E-state index in [2.05, 4.69) is 5.32 Å². The summed E-state index contributed by atoms with van der Waals surface area (Å²) in [5.74, 6) is -1.06. The molecule has 1 fully saturated rings. The molecule has 1 aliphatic rings. The summed E-state index contributed by atoms with van der Waals surface area (Å²) >= 11 is 0. The van der Waals surface area contributed by atoms with Crippen molar-refractivity contribution in [3.8, 4) is 0 Å². The van der Waals surface area contributed by atoms with Crippen molar-refractivity contribution in [1.29, 1.82) is 0 Å². The lowest BCUT2D eigenvalue weighted by atomic mass is 9.79. The van der Waals surface area contributed by atoms with E-state index in [-0.39, 0.29) is 18.9 Å². The van der Waals surface area contributed by atoms with Crippen molar-refractivity contribution >= 4 is 24.5 Å². The molecule has 2 rings (SSSR count). The highest BCUT2D eigenvalue weighted by molar-refractivity contribution is 6.62. The molecule has 0 aromatic heterocycles. The molecule has 1 aromatic rings. The number of carbonyl (C=O) groups is 2. The number of hydrogen-bond donors (Lipinski definition) is 2. The van der Waals surface area contributed by atoms with Gasteiger partial charge in [0, 0.05) is 12.1 Å². The molecule has 0 spiro atoms. The first-order valence-corrected chi connectivity index (χ1v) is 10.8. The largest absolute Gasteiger partial charge is 0.494 e. The van der Waals surface area contributed by atoms with Crippen LogP contribution in [0.15, 0.2) is 24.3 Å². The van der Waals surface area contributed by atoms with Gasteiger partial charge in [0.15, 0.2) is 0 Å². The van der Waals surface area contributed by atoms with Crippen LogP contribution in [0.2, 0.25) is 0 Å². The average molecular weight is 451 g/mol. The van der Waals surface area contributed by atoms with Gasteiger partial charge >= 0.3 is 13.1 Å². The zero-order valence-corrected chi connectivity index (χ0v) is 19.3. The minimum Gasteiger partial charge on any atom is -0.481 e. The topological polar surface area (TPSA) is 113 Å². The number of benzene rings is 1. The van der Waals surface area contributed by atoms with Gasteiger partial charge in [0.2, 0.25) is 0 Å². The normalized spacial score (nSPS) is 16.8. The van der Waals surface area contributed by atoms with Gasteiger partial charge in [0.25, 0.3) is 5.91 Å². The van der Waals surface area contributed by atoms with Crippen LogP contribution in [-0.4, -0.2) is 81.5 Å². The number of hydrogen-bond acceptors (Lipinski definition) is 7. The van der Waals surface area contributed by atoms with Crippen molar-refractivity contribution in [1.82, 2.24) is 5.32 Å². The predicted octanol–water partition coefficient (Wildman–Crippen LogP) is 1.24. The molecule has 0 bridgehead atoms. The molecular weight excluding hydrogens is 417 g/mol. The third kappa shape index (κ3) is 8.18. The zero-order chi connectivity index (χ0) is 23.6. The number of carbonyl (C=O) groups excluding carboxylic acids is 1. The maximum absolute atomic E-state index is 12.3. The molecule has 2 N–H and O–H groups in total. The Morgan fingerprint density at radius 1 is 0.875 bits per heavy atom. The Kier molecular flexibility index (Phi) is 10.1. The summed E-state index contributed by atoms with van der Waals surface area (Å²) < 4.78 is 27.9. The molecule has 178 valence electrons. The lowest BCUT2D eigenvalue weighted by molar-refractivity contribution is -0.138. The first kappa shape index (κ1) is 26.3. The Labute approximate surface area is 189 Å². The fourth-order valence-corrected chi connectivity index (χ4v) is 2.81. The molecule has 1 saturated heterocycles. The van der Waals surface area contributed by atoms with Crippen molar-refractivity contribution < 1.29 is 38.2 Å². The summed E-state index contributed by atoms with van der Waals surface area (Å²) in [6.45, 7) is 10.5. The molecule has 1 aliphatic heterocycles. The quantitative estimate of drug-likeness (QED) is 0.321. The average Bonchev–Trinajstić information content (AvgIpc) is 2.95. The zero-order valence-electron chi connectivity index (χ0n) is 19.3. The van der Waals surface area contributed by atoms with Crippen molar-refractivity contribution in [3.63, 3.8) is 0 Å². The van der Waals surface area contributed by atoms with E-state index in [1.807, 2.05) is 39.8 Å². The second-order valence-corrected chi connectivity index (χ2v) is 8.45. The number of ether oxygens (including phenoxy) is 3. The van der Waals surface area contributed by atoms with Crippen molar-refractivity contribution in [2.45, 2.75) is 45.3 Å². The Balaban J connectivity index is 1.56. The number of nitrogens with one attached hydrogen (secondary N) is 1. The number of carboxylic acid groups (broad SMARTS) is 1. The first-order chi connectivity index (χ1) is 15.1. The SMILES string of the molecule is CC1(C)OB(c2ccc(C(=O)NCCOCCOCCOCCC(=O)O)cc2)OC1(C)C. The van der Waals surface area contributed by atoms with Crippen LogP contribution in [0.3, 0.4) is 0 Å². The molecule has 10 heteroatoms. The lowest BCUT2D eigenvalue weighted by Gasteiger charge is -2.32. The van der Waals surface area contributed by atoms with Gasteiger partial charge in [-0.3, -0.25) is 9.59 Å². The molecule has 0 saturated carbocycles. The van der Waals surface area contributed by atoms with Gasteiger partial charge in [0.1, 0.15) is 0 Å². The van der Waals surface area contributed by atoms with Crippen LogP contribution in [0.1, 0.15) is 44.5 Å². The van der Waals surface area contributed by atoms with E-state index in [4.69, 9.17) is 28.6 Å². The van der Waals surface area contributed by atoms with Crippen LogP contribution in [0, 0.1) is 0 Å². The first-order valence-electron chi connectivity index (χ1n) is 10.8. The fraction of sp³-hybridized carbons (Fsp3) is 0.636. The van der Waals surface area contributed by atoms with Crippen LogP contribution >= 0.6 is 0 Å². The van der Waals surface area contributed by atoms with Gasteiger partial charge in [-0.2, -0.15) is 0 Å². The van der Waals surface area contributed by atoms with Crippen LogP contribution in [0.4, 0.5) is 0 Å². The van der Waals surface area contributed by atoms with E-state index in [1.54, 1.807) is 12.1 Å². The Bertz CT molecular complexity index is 722. The maximum atomic E-state index is 12.3. The molecule has 0 unspecified atom stereocenters. The Hall–Kier alpha value is -1.98. The van der Waals surface area contributed by atoms with Crippen molar-refractivity contribution in [2.24, 2.45) is 0 Å². The van der Waals surface area contributed by atoms with Crippen LogP contribution in [0.5, 0.6) is 0 Å². The number of amides is 1. The molecule has 0 radical (unpaired) electrons. The lowest BCUT2D eigenvalue weighted by Crippen LogP contribution is -2.41. The summed E-state index contributed by atoms with van der Waals surface area (Å²) in [5, 5.41) is 11.3. The second-order valence-electron chi connectivity index (χ2n) is 8.45. The predicted molar refractivity (Wildman–Crippen MR) is 119 cm³/mol. The van der Waals surface area contributed by atoms with E-state index >= 15 is 0 Å². The molecule has 0 aliphatic carbocycles. The summed E-state index contributed by atoms with van der Waals surface area (Å²) in [5.41, 5.74) is 0.607. The van der Waals surface area contributed by atoms with Gasteiger partial charge in [-0.05, 0) is 45.3 Å². The summed E-state index contributed by atoms with van der Waals surface area (Å²) in [6.07, 6.45) is -0.0149. The highest BCUT2D eigenvalue weighted by atomic mass is 16.7. The maximum Gasteiger partial charge on any atom is 0.494 e. The minimum atomic E-state index is -0.884. The van der Waals surface area contributed by atoms with Crippen molar-refractivity contribution in [3.05, 3.63) is 29.8 Å². The second kappa shape index (κ2) is 12.3. The standard InChI is InChI=1S/C22H34BNO8/c1-21(2)22(3,4)32-23(31-21)18-7-5-17(6-8-18)20(27)24-10-12-29-14-16-30-15-13-28-11-9-19(25)26/h5-8H,9-16H2,1-4H3,(H,24,27)(H,25,26). The van der Waals surface area contributed by atoms with Crippen LogP contribution < -0.4 is 10.8 Å². The van der Waals surface area contributed by atoms with Gasteiger partial charge < -0.3 is 33.9 Å². The molecule has 1 aromatic carbocycles. The fourth-order valence-electron chi connectivity index (χ4n) is 2.81. The molecule has 9 nitrogen and oxygen atoms in total. The third-order valence-corrected chi connectivity index (χ3v) is 5.43. The van der Waals surface area contributed by atoms with E-state index in [9.17, 15) is 9.59 Å². The Morgan fingerprint density at radius 2 is 1.38 bits per heavy atom. The molecule has 0 atom stereocenters. The smallest absolute Gasteiger partial charge is 0.481 e. The highest BCUT2D eigenvalue weighted by Gasteiger charge is 2.51. The van der Waals surface area contributed by atoms with Gasteiger partial charge in [0.05, 0.1) is 57.3 Å². The summed E-state index contributed by atoms with van der Waals surface area (Å²) in [4.78, 5) is 22.6. The van der Waals surface area contributed by atoms with Crippen LogP contribution in [-0.2, 0) is 28.3 Å². The number of aliphatic carboxylic acids is 1. The third-order valence-electron chi connectivity index (χ3n) is 5.43. The monoisotopic (exact) mass is 451 g/mol. The highest BCUT2D eigenvalue weighted by Crippen LogP contribution is 2.36. The van der Waals surface area contributed by atoms with E-state index in [0.717, 1.165) is 5.46 Å². The van der Waals surface area contributed by atoms with E-state index < -0.39 is 24.3 Å². The molecule has 1 heterocycles. The van der Waals surface area contributed by atoms with Crippen LogP contribution in [0.25, 0.3) is 0 Å². The Morgan fingerprint density at radius 3 is 1.91 bits per heavy atom. The molecule has 1 amide bonds. The van der Waals surface area contributed by atoms with Gasteiger partial charge in [-0.15, -0.1) is 0 Å².